The van der Waals surface area contributed by atoms with Gasteiger partial charge in [-0.25, -0.2) is 15.0 Å². The number of aryl methyl sites for hydroxylation is 1. The minimum Gasteiger partial charge on any atom is -0.390 e. The first-order valence-corrected chi connectivity index (χ1v) is 13.2. The molecule has 4 aromatic rings. The number of aliphatic hydroxyl groups is 1. The van der Waals surface area contributed by atoms with Gasteiger partial charge in [0.2, 0.25) is 0 Å². The van der Waals surface area contributed by atoms with Crippen molar-refractivity contribution in [2.24, 2.45) is 13.0 Å². The first-order chi connectivity index (χ1) is 17.8. The second-order valence-corrected chi connectivity index (χ2v) is 10.9. The number of aromatic nitrogens is 5. The molecule has 3 aromatic heterocycles. The third kappa shape index (κ3) is 4.43. The molecule has 0 unspecified atom stereocenters. The number of piperidine rings is 1. The largest absolute Gasteiger partial charge is 0.390 e. The average molecular weight is 505 g/mol. The number of morpholine rings is 1. The van der Waals surface area contributed by atoms with E-state index in [1.807, 2.05) is 45.2 Å². The van der Waals surface area contributed by atoms with Crippen molar-refractivity contribution < 1.29 is 9.84 Å². The van der Waals surface area contributed by atoms with Crippen molar-refractivity contribution in [3.63, 3.8) is 0 Å². The fraction of sp³-hybridized carbons (Fsp3) is 0.519. The van der Waals surface area contributed by atoms with Gasteiger partial charge in [-0.1, -0.05) is 18.2 Å². The van der Waals surface area contributed by atoms with Crippen LogP contribution in [-0.2, 0) is 18.3 Å². The molecule has 0 amide bonds. The molecule has 0 saturated carbocycles. The Morgan fingerprint density at radius 3 is 2.54 bits per heavy atom. The van der Waals surface area contributed by atoms with Gasteiger partial charge in [0.25, 0.3) is 0 Å². The van der Waals surface area contributed by atoms with E-state index in [0.29, 0.717) is 30.8 Å². The van der Waals surface area contributed by atoms with E-state index in [2.05, 4.69) is 19.4 Å². The van der Waals surface area contributed by atoms with E-state index in [9.17, 15) is 5.11 Å². The van der Waals surface area contributed by atoms with E-state index in [1.54, 1.807) is 0 Å². The quantitative estimate of drug-likeness (QED) is 0.379. The van der Waals surface area contributed by atoms with E-state index in [-0.39, 0.29) is 0 Å². The Balaban J connectivity index is 1.40. The third-order valence-corrected chi connectivity index (χ3v) is 8.01. The van der Waals surface area contributed by atoms with Crippen LogP contribution in [0.25, 0.3) is 33.5 Å². The molecule has 6 rings (SSSR count). The summed E-state index contributed by atoms with van der Waals surface area (Å²) in [7, 11) is 2.03. The van der Waals surface area contributed by atoms with E-state index in [1.165, 1.54) is 0 Å². The molecule has 37 heavy (non-hydrogen) atoms. The number of para-hydroxylation sites is 1. The predicted molar refractivity (Wildman–Crippen MR) is 145 cm³/mol. The molecule has 2 aliphatic rings. The molecule has 5 heterocycles. The molecule has 196 valence electrons. The van der Waals surface area contributed by atoms with Crippen LogP contribution in [0.15, 0.2) is 24.3 Å². The Morgan fingerprint density at radius 1 is 1.08 bits per heavy atom. The van der Waals surface area contributed by atoms with E-state index < -0.39 is 5.60 Å². The summed E-state index contributed by atoms with van der Waals surface area (Å²) >= 11 is 0. The van der Waals surface area contributed by atoms with Crippen LogP contribution in [0.3, 0.4) is 0 Å². The van der Waals surface area contributed by atoms with E-state index in [4.69, 9.17) is 25.4 Å². The Hall–Kier alpha value is -3.21. The number of hydrogen-bond donors (Lipinski definition) is 3. The molecule has 0 bridgehead atoms. The minimum absolute atomic E-state index is 0.326. The molecule has 0 radical (unpaired) electrons. The number of imidazole rings is 1. The highest BCUT2D eigenvalue weighted by Gasteiger charge is 2.31. The van der Waals surface area contributed by atoms with Crippen molar-refractivity contribution in [1.29, 1.82) is 0 Å². The molecule has 1 aromatic carbocycles. The number of hydrogen-bond acceptors (Lipinski definition) is 8. The zero-order chi connectivity index (χ0) is 25.7. The molecule has 10 heteroatoms. The normalized spacial score (nSPS) is 18.3. The Kier molecular flexibility index (Phi) is 6.05. The van der Waals surface area contributed by atoms with Crippen molar-refractivity contribution in [1.82, 2.24) is 29.4 Å². The first kappa shape index (κ1) is 24.1. The highest BCUT2D eigenvalue weighted by molar-refractivity contribution is 6.01. The van der Waals surface area contributed by atoms with Crippen LogP contribution in [-0.4, -0.2) is 79.5 Å². The number of ether oxygens (including phenoxy) is 1. The number of aromatic amines is 1. The zero-order valence-corrected chi connectivity index (χ0v) is 21.9. The molecular weight excluding hydrogens is 468 g/mol. The fourth-order valence-electron chi connectivity index (χ4n) is 5.74. The second kappa shape index (κ2) is 9.27. The molecule has 0 aliphatic carbocycles. The predicted octanol–water partition coefficient (Wildman–Crippen LogP) is 2.91. The number of nitrogens with one attached hydrogen (secondary N) is 1. The number of anilines is 2. The standard InChI is InChI=1S/C27H36N8O2/c1-27(2,36)17-8-10-34(11-9-17)16-20-30-22-25(33(20)3)31-24(32-26(22)35-12-14-37-15-13-35)21-18-6-4-5-7-19(18)29-23(21)28/h4-7,17,29,36H,8-16,28H2,1-3H3. The molecule has 2 fully saturated rings. The summed E-state index contributed by atoms with van der Waals surface area (Å²) in [5, 5.41) is 11.4. The van der Waals surface area contributed by atoms with Crippen LogP contribution in [0.4, 0.5) is 11.6 Å². The van der Waals surface area contributed by atoms with Crippen molar-refractivity contribution in [2.75, 3.05) is 50.0 Å². The Morgan fingerprint density at radius 2 is 1.81 bits per heavy atom. The van der Waals surface area contributed by atoms with Gasteiger partial charge >= 0.3 is 0 Å². The maximum Gasteiger partial charge on any atom is 0.168 e. The first-order valence-electron chi connectivity index (χ1n) is 13.2. The van der Waals surface area contributed by atoms with Gasteiger partial charge in [0.15, 0.2) is 22.8 Å². The molecular formula is C27H36N8O2. The van der Waals surface area contributed by atoms with Gasteiger partial charge in [0.1, 0.15) is 11.6 Å². The summed E-state index contributed by atoms with van der Waals surface area (Å²) in [5.41, 5.74) is 9.22. The molecule has 4 N–H and O–H groups in total. The van der Waals surface area contributed by atoms with Gasteiger partial charge in [0.05, 0.1) is 30.9 Å². The summed E-state index contributed by atoms with van der Waals surface area (Å²) in [4.78, 5) is 23.1. The Bertz CT molecular complexity index is 1420. The SMILES string of the molecule is Cn1c(CN2CCC(C(C)(C)O)CC2)nc2c(N3CCOCC3)nc(-c3c(N)[nH]c4ccccc34)nc21. The maximum absolute atomic E-state index is 10.4. The second-order valence-electron chi connectivity index (χ2n) is 10.9. The molecule has 2 saturated heterocycles. The van der Waals surface area contributed by atoms with Crippen LogP contribution in [0, 0.1) is 5.92 Å². The number of nitrogens with zero attached hydrogens (tertiary/aromatic N) is 6. The number of H-pyrrole nitrogens is 1. The minimum atomic E-state index is -0.632. The van der Waals surface area contributed by atoms with Crippen molar-refractivity contribution >= 4 is 33.7 Å². The lowest BCUT2D eigenvalue weighted by molar-refractivity contribution is -0.0139. The number of likely N-dealkylation sites (tertiary alicyclic amines) is 1. The number of nitrogens with two attached hydrogens (primary N) is 1. The van der Waals surface area contributed by atoms with Gasteiger partial charge in [-0.3, -0.25) is 4.90 Å². The highest BCUT2D eigenvalue weighted by Crippen LogP contribution is 2.36. The van der Waals surface area contributed by atoms with Crippen LogP contribution in [0.2, 0.25) is 0 Å². The summed E-state index contributed by atoms with van der Waals surface area (Å²) < 4.78 is 7.71. The van der Waals surface area contributed by atoms with Crippen LogP contribution < -0.4 is 10.6 Å². The lowest BCUT2D eigenvalue weighted by Crippen LogP contribution is -2.41. The van der Waals surface area contributed by atoms with E-state index in [0.717, 1.165) is 84.8 Å². The lowest BCUT2D eigenvalue weighted by Gasteiger charge is -2.37. The summed E-state index contributed by atoms with van der Waals surface area (Å²) in [5.74, 6) is 3.28. The highest BCUT2D eigenvalue weighted by atomic mass is 16.5. The number of fused-ring (bicyclic) bond motifs is 2. The van der Waals surface area contributed by atoms with Gasteiger partial charge in [-0.2, -0.15) is 0 Å². The third-order valence-electron chi connectivity index (χ3n) is 8.01. The number of benzene rings is 1. The molecule has 2 aliphatic heterocycles. The molecule has 0 spiro atoms. The smallest absolute Gasteiger partial charge is 0.168 e. The molecule has 0 atom stereocenters. The van der Waals surface area contributed by atoms with Crippen LogP contribution >= 0.6 is 0 Å². The average Bonchev–Trinajstić information content (AvgIpc) is 3.39. The van der Waals surface area contributed by atoms with Crippen LogP contribution in [0.5, 0.6) is 0 Å². The van der Waals surface area contributed by atoms with E-state index >= 15 is 0 Å². The number of rotatable bonds is 5. The number of nitrogen functional groups attached to an aromatic ring is 1. The van der Waals surface area contributed by atoms with Crippen LogP contribution in [0.1, 0.15) is 32.5 Å². The van der Waals surface area contributed by atoms with Gasteiger partial charge in [-0.05, 0) is 51.8 Å². The fourth-order valence-corrected chi connectivity index (χ4v) is 5.74. The summed E-state index contributed by atoms with van der Waals surface area (Å²) in [6, 6.07) is 8.05. The van der Waals surface area contributed by atoms with Gasteiger partial charge < -0.3 is 30.0 Å². The van der Waals surface area contributed by atoms with Gasteiger partial charge in [-0.15, -0.1) is 0 Å². The van der Waals surface area contributed by atoms with Crippen molar-refractivity contribution in [2.45, 2.75) is 38.8 Å². The molecule has 10 nitrogen and oxygen atoms in total. The lowest BCUT2D eigenvalue weighted by atomic mass is 9.83. The Labute approximate surface area is 216 Å². The van der Waals surface area contributed by atoms with Crippen molar-refractivity contribution in [3.05, 3.63) is 30.1 Å². The summed E-state index contributed by atoms with van der Waals surface area (Å²) in [6.45, 7) is 9.28. The summed E-state index contributed by atoms with van der Waals surface area (Å²) in [6.07, 6.45) is 1.96. The van der Waals surface area contributed by atoms with Crippen molar-refractivity contribution in [3.8, 4) is 11.4 Å². The maximum atomic E-state index is 10.4. The topological polar surface area (TPSA) is 121 Å². The van der Waals surface area contributed by atoms with Gasteiger partial charge in [0, 0.05) is 31.0 Å². The monoisotopic (exact) mass is 504 g/mol. The zero-order valence-electron chi connectivity index (χ0n) is 21.9.